The zero-order chi connectivity index (χ0) is 26.5. The van der Waals surface area contributed by atoms with Gasteiger partial charge in [0, 0.05) is 47.3 Å². The highest BCUT2D eigenvalue weighted by Gasteiger charge is 2.22. The molecule has 37 heavy (non-hydrogen) atoms. The molecule has 0 saturated carbocycles. The molecule has 1 aliphatic carbocycles. The lowest BCUT2D eigenvalue weighted by molar-refractivity contribution is 0.268. The lowest BCUT2D eigenvalue weighted by atomic mass is 9.87. The number of nitrogens with one attached hydrogen (secondary N) is 1. The molecule has 7 nitrogen and oxygen atoms in total. The molecule has 0 aliphatic heterocycles. The van der Waals surface area contributed by atoms with Crippen molar-refractivity contribution in [1.82, 2.24) is 24.2 Å². The van der Waals surface area contributed by atoms with Crippen molar-refractivity contribution >= 4 is 22.4 Å². The highest BCUT2D eigenvalue weighted by Crippen LogP contribution is 2.29. The summed E-state index contributed by atoms with van der Waals surface area (Å²) in [6.45, 7) is 10.5. The molecule has 0 fully saturated rings. The predicted molar refractivity (Wildman–Crippen MR) is 151 cm³/mol. The van der Waals surface area contributed by atoms with Crippen LogP contribution in [0.15, 0.2) is 53.6 Å². The molecule has 1 N–H and O–H groups in total. The first-order chi connectivity index (χ1) is 17.5. The quantitative estimate of drug-likeness (QED) is 0.387. The third-order valence-corrected chi connectivity index (χ3v) is 7.42. The van der Waals surface area contributed by atoms with Gasteiger partial charge in [0.25, 0.3) is 5.56 Å². The molecule has 0 bridgehead atoms. The van der Waals surface area contributed by atoms with Gasteiger partial charge < -0.3 is 10.2 Å². The van der Waals surface area contributed by atoms with Crippen LogP contribution in [0.4, 0.5) is 11.5 Å². The van der Waals surface area contributed by atoms with E-state index in [1.54, 1.807) is 10.9 Å². The van der Waals surface area contributed by atoms with E-state index in [0.29, 0.717) is 17.2 Å². The average Bonchev–Trinajstić information content (AvgIpc) is 3.15. The summed E-state index contributed by atoms with van der Waals surface area (Å²) in [6, 6.07) is 13.2. The minimum absolute atomic E-state index is 0.0205. The third kappa shape index (κ3) is 4.80. The molecule has 194 valence electrons. The number of rotatable bonds is 5. The van der Waals surface area contributed by atoms with Crippen LogP contribution in [-0.4, -0.2) is 44.4 Å². The number of aryl methyl sites for hydroxylation is 1. The molecule has 0 saturated heterocycles. The maximum Gasteiger partial charge on any atom is 0.276 e. The minimum atomic E-state index is -0.103. The molecule has 3 heterocycles. The van der Waals surface area contributed by atoms with E-state index in [1.807, 2.05) is 36.9 Å². The summed E-state index contributed by atoms with van der Waals surface area (Å²) < 4.78 is 3.82. The molecule has 1 aromatic carbocycles. The standard InChI is InChI=1S/C30H38N6O/c1-19(2)35-29(37)25-18-32-28(17-26(25)36(35)24-12-13-31-27(16-24)30(3,4)5)33-22-10-8-20-9-11-23(34(6)7)15-21(20)14-22/h8,10,12-14,16-19,23H,9,11,15H2,1-7H3,(H,32,33). The van der Waals surface area contributed by atoms with E-state index >= 15 is 0 Å². The Morgan fingerprint density at radius 1 is 1.05 bits per heavy atom. The summed E-state index contributed by atoms with van der Waals surface area (Å²) in [5.74, 6) is 0.715. The van der Waals surface area contributed by atoms with Crippen LogP contribution in [0.25, 0.3) is 16.6 Å². The molecule has 1 aliphatic rings. The molecule has 7 heteroatoms. The van der Waals surface area contributed by atoms with Crippen molar-refractivity contribution in [2.75, 3.05) is 19.4 Å². The van der Waals surface area contributed by atoms with Crippen molar-refractivity contribution in [3.63, 3.8) is 0 Å². The second kappa shape index (κ2) is 9.45. The second-order valence-electron chi connectivity index (χ2n) is 11.8. The van der Waals surface area contributed by atoms with Gasteiger partial charge in [-0.3, -0.25) is 9.78 Å². The Labute approximate surface area is 219 Å². The largest absolute Gasteiger partial charge is 0.340 e. The summed E-state index contributed by atoms with van der Waals surface area (Å²) in [5.41, 5.74) is 6.42. The summed E-state index contributed by atoms with van der Waals surface area (Å²) in [6.07, 6.45) is 6.88. The fourth-order valence-electron chi connectivity index (χ4n) is 5.28. The number of benzene rings is 1. The van der Waals surface area contributed by atoms with Gasteiger partial charge in [-0.25, -0.2) is 14.3 Å². The monoisotopic (exact) mass is 498 g/mol. The number of nitrogens with zero attached hydrogens (tertiary/aromatic N) is 5. The van der Waals surface area contributed by atoms with Gasteiger partial charge in [-0.05, 0) is 82.6 Å². The second-order valence-corrected chi connectivity index (χ2v) is 11.8. The number of hydrogen-bond acceptors (Lipinski definition) is 5. The first kappa shape index (κ1) is 25.2. The normalized spacial score (nSPS) is 16.0. The molecule has 4 aromatic rings. The lowest BCUT2D eigenvalue weighted by Crippen LogP contribution is -2.33. The smallest absolute Gasteiger partial charge is 0.276 e. The Balaban J connectivity index is 1.57. The number of aromatic nitrogens is 4. The zero-order valence-corrected chi connectivity index (χ0v) is 23.0. The first-order valence-corrected chi connectivity index (χ1v) is 13.2. The molecule has 0 radical (unpaired) electrons. The van der Waals surface area contributed by atoms with Gasteiger partial charge >= 0.3 is 0 Å². The number of hydrogen-bond donors (Lipinski definition) is 1. The van der Waals surface area contributed by atoms with Gasteiger partial charge in [-0.1, -0.05) is 26.8 Å². The van der Waals surface area contributed by atoms with Crippen molar-refractivity contribution in [2.24, 2.45) is 0 Å². The lowest BCUT2D eigenvalue weighted by Gasteiger charge is -2.30. The van der Waals surface area contributed by atoms with Crippen molar-refractivity contribution in [1.29, 1.82) is 0 Å². The van der Waals surface area contributed by atoms with Crippen molar-refractivity contribution in [2.45, 2.75) is 71.4 Å². The fourth-order valence-corrected chi connectivity index (χ4v) is 5.28. The number of pyridine rings is 2. The summed E-state index contributed by atoms with van der Waals surface area (Å²) in [7, 11) is 4.32. The molecule has 0 amide bonds. The van der Waals surface area contributed by atoms with Gasteiger partial charge in [0.15, 0.2) is 0 Å². The van der Waals surface area contributed by atoms with E-state index < -0.39 is 0 Å². The van der Waals surface area contributed by atoms with E-state index in [2.05, 4.69) is 79.3 Å². The van der Waals surface area contributed by atoms with E-state index in [0.717, 1.165) is 35.4 Å². The van der Waals surface area contributed by atoms with Crippen LogP contribution in [0.2, 0.25) is 0 Å². The molecule has 3 aromatic heterocycles. The predicted octanol–water partition coefficient (Wildman–Crippen LogP) is 5.62. The average molecular weight is 499 g/mol. The van der Waals surface area contributed by atoms with Crippen LogP contribution in [-0.2, 0) is 18.3 Å². The van der Waals surface area contributed by atoms with E-state index in [9.17, 15) is 4.79 Å². The maximum absolute atomic E-state index is 13.4. The van der Waals surface area contributed by atoms with Crippen molar-refractivity contribution in [3.8, 4) is 5.69 Å². The van der Waals surface area contributed by atoms with Gasteiger partial charge in [-0.15, -0.1) is 0 Å². The molecule has 0 spiro atoms. The molecule has 1 atom stereocenters. The Bertz CT molecular complexity index is 1510. The SMILES string of the molecule is CC(C)n1c(=O)c2cnc(Nc3ccc4c(c3)CC(N(C)C)CC4)cc2n1-c1ccnc(C(C)(C)C)c1. The Hall–Kier alpha value is -3.45. The van der Waals surface area contributed by atoms with Crippen LogP contribution in [0, 0.1) is 0 Å². The number of anilines is 2. The molecule has 1 unspecified atom stereocenters. The zero-order valence-electron chi connectivity index (χ0n) is 23.0. The van der Waals surface area contributed by atoms with Gasteiger partial charge in [0.2, 0.25) is 0 Å². The van der Waals surface area contributed by atoms with Crippen LogP contribution >= 0.6 is 0 Å². The van der Waals surface area contributed by atoms with Crippen LogP contribution < -0.4 is 10.9 Å². The number of fused-ring (bicyclic) bond motifs is 2. The summed E-state index contributed by atoms with van der Waals surface area (Å²) >= 11 is 0. The topological polar surface area (TPSA) is 68.0 Å². The Morgan fingerprint density at radius 3 is 2.54 bits per heavy atom. The summed E-state index contributed by atoms with van der Waals surface area (Å²) in [5, 5.41) is 4.11. The molecular weight excluding hydrogens is 460 g/mol. The van der Waals surface area contributed by atoms with Gasteiger partial charge in [0.1, 0.15) is 5.82 Å². The highest BCUT2D eigenvalue weighted by molar-refractivity contribution is 5.83. The highest BCUT2D eigenvalue weighted by atomic mass is 16.1. The van der Waals surface area contributed by atoms with E-state index in [1.165, 1.54) is 17.5 Å². The summed E-state index contributed by atoms with van der Waals surface area (Å²) in [4.78, 5) is 25.0. The van der Waals surface area contributed by atoms with Crippen molar-refractivity contribution in [3.05, 3.63) is 76.0 Å². The Kier molecular flexibility index (Phi) is 6.44. The van der Waals surface area contributed by atoms with E-state index in [-0.39, 0.29) is 17.0 Å². The van der Waals surface area contributed by atoms with Crippen molar-refractivity contribution < 1.29 is 0 Å². The minimum Gasteiger partial charge on any atom is -0.340 e. The van der Waals surface area contributed by atoms with Crippen LogP contribution in [0.1, 0.15) is 63.9 Å². The van der Waals surface area contributed by atoms with Gasteiger partial charge in [0.05, 0.1) is 16.6 Å². The number of likely N-dealkylation sites (N-methyl/N-ethyl adjacent to an activating group) is 1. The Morgan fingerprint density at radius 2 is 1.84 bits per heavy atom. The van der Waals surface area contributed by atoms with Crippen LogP contribution in [0.3, 0.4) is 0 Å². The van der Waals surface area contributed by atoms with Gasteiger partial charge in [-0.2, -0.15) is 0 Å². The van der Waals surface area contributed by atoms with E-state index in [4.69, 9.17) is 0 Å². The third-order valence-electron chi connectivity index (χ3n) is 7.42. The molecular formula is C30H38N6O. The fraction of sp³-hybridized carbons (Fsp3) is 0.433. The van der Waals surface area contributed by atoms with Crippen LogP contribution in [0.5, 0.6) is 0 Å². The molecule has 5 rings (SSSR count). The first-order valence-electron chi connectivity index (χ1n) is 13.2. The maximum atomic E-state index is 13.4.